The second-order valence-electron chi connectivity index (χ2n) is 5.81. The molecule has 22 heavy (non-hydrogen) atoms. The van der Waals surface area contributed by atoms with E-state index in [0.29, 0.717) is 5.69 Å². The molecule has 0 aliphatic heterocycles. The van der Waals surface area contributed by atoms with Gasteiger partial charge in [0.2, 0.25) is 5.91 Å². The summed E-state index contributed by atoms with van der Waals surface area (Å²) in [5, 5.41) is 2.88. The van der Waals surface area contributed by atoms with Crippen molar-refractivity contribution in [2.75, 3.05) is 5.32 Å². The van der Waals surface area contributed by atoms with Gasteiger partial charge in [-0.25, -0.2) is 4.39 Å². The summed E-state index contributed by atoms with van der Waals surface area (Å²) in [5.41, 5.74) is 2.28. The predicted octanol–water partition coefficient (Wildman–Crippen LogP) is 2.58. The Morgan fingerprint density at radius 2 is 2.00 bits per heavy atom. The number of carbonyl (C=O) groups is 1. The van der Waals surface area contributed by atoms with Crippen LogP contribution in [0, 0.1) is 18.7 Å². The molecule has 0 spiro atoms. The fourth-order valence-corrected chi connectivity index (χ4v) is 2.64. The maximum atomic E-state index is 12.9. The SMILES string of the molecule is Cc1cc(=O)n(C)cc1NC(=O)[C@H]1C[C@@H]1c1ccc(F)cc1. The number of benzene rings is 1. The van der Waals surface area contributed by atoms with Gasteiger partial charge in [0.15, 0.2) is 0 Å². The van der Waals surface area contributed by atoms with Gasteiger partial charge in [-0.3, -0.25) is 9.59 Å². The molecule has 1 aliphatic carbocycles. The number of aromatic nitrogens is 1. The number of nitrogens with zero attached hydrogens (tertiary/aromatic N) is 1. The smallest absolute Gasteiger partial charge is 0.250 e. The molecule has 0 radical (unpaired) electrons. The van der Waals surface area contributed by atoms with Crippen LogP contribution >= 0.6 is 0 Å². The van der Waals surface area contributed by atoms with Crippen molar-refractivity contribution in [1.82, 2.24) is 4.57 Å². The van der Waals surface area contributed by atoms with E-state index in [1.54, 1.807) is 32.3 Å². The third-order valence-corrected chi connectivity index (χ3v) is 4.12. The fourth-order valence-electron chi connectivity index (χ4n) is 2.64. The van der Waals surface area contributed by atoms with Gasteiger partial charge in [0, 0.05) is 25.2 Å². The number of nitrogens with one attached hydrogen (secondary N) is 1. The number of pyridine rings is 1. The molecule has 1 heterocycles. The lowest BCUT2D eigenvalue weighted by molar-refractivity contribution is -0.117. The van der Waals surface area contributed by atoms with Crippen molar-refractivity contribution >= 4 is 11.6 Å². The van der Waals surface area contributed by atoms with E-state index in [1.807, 2.05) is 0 Å². The number of halogens is 1. The topological polar surface area (TPSA) is 51.1 Å². The first kappa shape index (κ1) is 14.5. The van der Waals surface area contributed by atoms with E-state index in [9.17, 15) is 14.0 Å². The molecule has 1 aromatic heterocycles. The first-order valence-corrected chi connectivity index (χ1v) is 7.19. The van der Waals surface area contributed by atoms with Crippen molar-refractivity contribution in [3.05, 3.63) is 63.8 Å². The molecule has 0 bridgehead atoms. The monoisotopic (exact) mass is 300 g/mol. The summed E-state index contributed by atoms with van der Waals surface area (Å²) in [6, 6.07) is 7.79. The second kappa shape index (κ2) is 5.40. The zero-order chi connectivity index (χ0) is 15.9. The number of rotatable bonds is 3. The van der Waals surface area contributed by atoms with Gasteiger partial charge in [0.1, 0.15) is 5.82 Å². The number of carbonyl (C=O) groups excluding carboxylic acids is 1. The van der Waals surface area contributed by atoms with Crippen molar-refractivity contribution in [1.29, 1.82) is 0 Å². The van der Waals surface area contributed by atoms with Gasteiger partial charge in [0.05, 0.1) is 5.69 Å². The van der Waals surface area contributed by atoms with Gasteiger partial charge in [-0.2, -0.15) is 0 Å². The van der Waals surface area contributed by atoms with Crippen LogP contribution < -0.4 is 10.9 Å². The maximum Gasteiger partial charge on any atom is 0.250 e. The average molecular weight is 300 g/mol. The summed E-state index contributed by atoms with van der Waals surface area (Å²) in [6.45, 7) is 1.79. The van der Waals surface area contributed by atoms with Crippen molar-refractivity contribution in [2.24, 2.45) is 13.0 Å². The Morgan fingerprint density at radius 1 is 1.32 bits per heavy atom. The molecular formula is C17H17FN2O2. The third kappa shape index (κ3) is 2.79. The van der Waals surface area contributed by atoms with Gasteiger partial charge in [-0.05, 0) is 42.5 Å². The number of hydrogen-bond donors (Lipinski definition) is 1. The van der Waals surface area contributed by atoms with Crippen LogP contribution in [0.25, 0.3) is 0 Å². The van der Waals surface area contributed by atoms with Crippen LogP contribution in [0.3, 0.4) is 0 Å². The van der Waals surface area contributed by atoms with Gasteiger partial charge >= 0.3 is 0 Å². The van der Waals surface area contributed by atoms with E-state index in [4.69, 9.17) is 0 Å². The zero-order valence-electron chi connectivity index (χ0n) is 12.5. The highest BCUT2D eigenvalue weighted by molar-refractivity contribution is 5.95. The summed E-state index contributed by atoms with van der Waals surface area (Å²) in [7, 11) is 1.65. The molecule has 1 fully saturated rings. The Bertz CT molecular complexity index is 780. The van der Waals surface area contributed by atoms with E-state index in [0.717, 1.165) is 17.5 Å². The first-order valence-electron chi connectivity index (χ1n) is 7.19. The average Bonchev–Trinajstić information content (AvgIpc) is 3.26. The predicted molar refractivity (Wildman–Crippen MR) is 82.3 cm³/mol. The lowest BCUT2D eigenvalue weighted by atomic mass is 10.1. The Labute approximate surface area is 127 Å². The number of anilines is 1. The molecule has 1 saturated carbocycles. The standard InChI is InChI=1S/C17H17FN2O2/c1-10-7-16(21)20(2)9-15(10)19-17(22)14-8-13(14)11-3-5-12(18)6-4-11/h3-7,9,13-14H,8H2,1-2H3,(H,19,22)/t13-,14+/m1/s1. The van der Waals surface area contributed by atoms with Gasteiger partial charge in [0.25, 0.3) is 5.56 Å². The normalized spacial score (nSPS) is 19.8. The molecule has 2 aromatic rings. The molecule has 0 unspecified atom stereocenters. The molecule has 4 nitrogen and oxygen atoms in total. The summed E-state index contributed by atoms with van der Waals surface area (Å²) in [6.07, 6.45) is 2.40. The van der Waals surface area contributed by atoms with Crippen molar-refractivity contribution in [3.63, 3.8) is 0 Å². The number of aryl methyl sites for hydroxylation is 2. The Balaban J connectivity index is 1.70. The lowest BCUT2D eigenvalue weighted by Gasteiger charge is -2.09. The van der Waals surface area contributed by atoms with E-state index in [1.165, 1.54) is 22.8 Å². The van der Waals surface area contributed by atoms with Crippen LogP contribution in [0.2, 0.25) is 0 Å². The molecule has 1 aliphatic rings. The highest BCUT2D eigenvalue weighted by atomic mass is 19.1. The summed E-state index contributed by atoms with van der Waals surface area (Å²) in [4.78, 5) is 23.8. The Kier molecular flexibility index (Phi) is 3.56. The molecule has 0 saturated heterocycles. The lowest BCUT2D eigenvalue weighted by Crippen LogP contribution is -2.20. The molecule has 1 amide bonds. The van der Waals surface area contributed by atoms with Crippen LogP contribution in [0.5, 0.6) is 0 Å². The first-order chi connectivity index (χ1) is 10.5. The Hall–Kier alpha value is -2.43. The highest BCUT2D eigenvalue weighted by Crippen LogP contribution is 2.48. The van der Waals surface area contributed by atoms with Crippen LogP contribution in [-0.2, 0) is 11.8 Å². The van der Waals surface area contributed by atoms with Crippen molar-refractivity contribution in [2.45, 2.75) is 19.3 Å². The quantitative estimate of drug-likeness (QED) is 0.947. The summed E-state index contributed by atoms with van der Waals surface area (Å²) >= 11 is 0. The molecule has 5 heteroatoms. The van der Waals surface area contributed by atoms with E-state index < -0.39 is 0 Å². The van der Waals surface area contributed by atoms with Crippen LogP contribution in [-0.4, -0.2) is 10.5 Å². The van der Waals surface area contributed by atoms with E-state index >= 15 is 0 Å². The summed E-state index contributed by atoms with van der Waals surface area (Å²) in [5.74, 6) is -0.280. The molecule has 1 aromatic carbocycles. The molecule has 114 valence electrons. The molecular weight excluding hydrogens is 283 g/mol. The largest absolute Gasteiger partial charge is 0.324 e. The highest BCUT2D eigenvalue weighted by Gasteiger charge is 2.44. The van der Waals surface area contributed by atoms with Gasteiger partial charge < -0.3 is 9.88 Å². The molecule has 1 N–H and O–H groups in total. The Morgan fingerprint density at radius 3 is 2.68 bits per heavy atom. The number of amides is 1. The maximum absolute atomic E-state index is 12.9. The number of hydrogen-bond acceptors (Lipinski definition) is 2. The third-order valence-electron chi connectivity index (χ3n) is 4.12. The second-order valence-corrected chi connectivity index (χ2v) is 5.81. The fraction of sp³-hybridized carbons (Fsp3) is 0.294. The van der Waals surface area contributed by atoms with E-state index in [-0.39, 0.29) is 29.1 Å². The van der Waals surface area contributed by atoms with Crippen molar-refractivity contribution in [3.8, 4) is 0 Å². The minimum absolute atomic E-state index is 0.0592. The molecule has 3 rings (SSSR count). The van der Waals surface area contributed by atoms with Gasteiger partial charge in [-0.1, -0.05) is 12.1 Å². The minimum Gasteiger partial charge on any atom is -0.324 e. The minimum atomic E-state index is -0.272. The molecule has 2 atom stereocenters. The van der Waals surface area contributed by atoms with Crippen LogP contribution in [0.4, 0.5) is 10.1 Å². The van der Waals surface area contributed by atoms with Crippen LogP contribution in [0.1, 0.15) is 23.5 Å². The summed E-state index contributed by atoms with van der Waals surface area (Å²) < 4.78 is 14.4. The zero-order valence-corrected chi connectivity index (χ0v) is 12.5. The van der Waals surface area contributed by atoms with Crippen molar-refractivity contribution < 1.29 is 9.18 Å². The van der Waals surface area contributed by atoms with Gasteiger partial charge in [-0.15, -0.1) is 0 Å². The van der Waals surface area contributed by atoms with Crippen LogP contribution in [0.15, 0.2) is 41.3 Å². The van der Waals surface area contributed by atoms with E-state index in [2.05, 4.69) is 5.32 Å².